The molecule has 2 N–H and O–H groups in total. The molecule has 1 aliphatic carbocycles. The molecule has 2 aliphatic rings. The molecule has 6 heteroatoms. The second-order valence-electron chi connectivity index (χ2n) is 7.24. The van der Waals surface area contributed by atoms with E-state index in [4.69, 9.17) is 23.2 Å². The Hall–Kier alpha value is -2.01. The summed E-state index contributed by atoms with van der Waals surface area (Å²) in [6.45, 7) is 5.20. The molecule has 0 fully saturated rings. The van der Waals surface area contributed by atoms with Gasteiger partial charge in [0.05, 0.1) is 12.6 Å². The third-order valence-electron chi connectivity index (χ3n) is 5.35. The molecule has 1 heterocycles. The van der Waals surface area contributed by atoms with Crippen molar-refractivity contribution < 1.29 is 4.79 Å². The van der Waals surface area contributed by atoms with Crippen LogP contribution < -0.4 is 10.6 Å². The van der Waals surface area contributed by atoms with Crippen LogP contribution in [0.2, 0.25) is 0 Å². The van der Waals surface area contributed by atoms with Gasteiger partial charge in [0.15, 0.2) is 0 Å². The van der Waals surface area contributed by atoms with Gasteiger partial charge in [-0.3, -0.25) is 4.79 Å². The molecular formula is C23H27Cl2N3O. The standard InChI is InChI=1S/C23H27Cl2N3O/c1-4-16-6-5-7-18(12-16)27-22(29)14-28-15(2)19(10-11-26-3)23-20(25)9-8-17(24)13-21(23)28/h5-9,12-13,21,26H,4,10-11,14H2,1-3H3,(H,27,29). The lowest BCUT2D eigenvalue weighted by Crippen LogP contribution is -2.36. The van der Waals surface area contributed by atoms with E-state index in [-0.39, 0.29) is 18.5 Å². The fraction of sp³-hybridized carbons (Fsp3) is 0.348. The molecule has 1 aromatic rings. The molecular weight excluding hydrogens is 405 g/mol. The Bertz CT molecular complexity index is 914. The number of rotatable bonds is 7. The van der Waals surface area contributed by atoms with Crippen molar-refractivity contribution in [2.75, 3.05) is 25.5 Å². The molecule has 4 nitrogen and oxygen atoms in total. The average Bonchev–Trinajstić information content (AvgIpc) is 2.85. The fourth-order valence-corrected chi connectivity index (χ4v) is 4.30. The quantitative estimate of drug-likeness (QED) is 0.642. The van der Waals surface area contributed by atoms with Crippen LogP contribution in [0.3, 0.4) is 0 Å². The molecule has 1 unspecified atom stereocenters. The van der Waals surface area contributed by atoms with E-state index in [9.17, 15) is 4.79 Å². The largest absolute Gasteiger partial charge is 0.355 e. The minimum atomic E-state index is -0.149. The number of benzene rings is 1. The van der Waals surface area contributed by atoms with Crippen LogP contribution in [0.25, 0.3) is 0 Å². The SMILES string of the molecule is CCc1cccc(NC(=O)CN2C(C)=C(CCNC)C3=C(Cl)C=CC(Cl)=CC32)c1. The van der Waals surface area contributed by atoms with E-state index in [1.165, 1.54) is 11.1 Å². The summed E-state index contributed by atoms with van der Waals surface area (Å²) in [7, 11) is 1.93. The lowest BCUT2D eigenvalue weighted by Gasteiger charge is -2.26. The van der Waals surface area contributed by atoms with E-state index in [0.29, 0.717) is 10.1 Å². The number of amides is 1. The number of hydrogen-bond acceptors (Lipinski definition) is 3. The van der Waals surface area contributed by atoms with E-state index in [1.54, 1.807) is 6.08 Å². The van der Waals surface area contributed by atoms with Crippen LogP contribution >= 0.6 is 23.2 Å². The van der Waals surface area contributed by atoms with Crippen molar-refractivity contribution in [3.8, 4) is 0 Å². The Labute approximate surface area is 182 Å². The highest BCUT2D eigenvalue weighted by molar-refractivity contribution is 6.34. The molecule has 0 saturated carbocycles. The van der Waals surface area contributed by atoms with Gasteiger partial charge in [0, 0.05) is 27.0 Å². The number of carbonyl (C=O) groups excluding carboxylic acids is 1. The minimum absolute atomic E-state index is 0.0651. The second-order valence-corrected chi connectivity index (χ2v) is 8.08. The van der Waals surface area contributed by atoms with Crippen molar-refractivity contribution in [1.29, 1.82) is 0 Å². The van der Waals surface area contributed by atoms with Gasteiger partial charge >= 0.3 is 0 Å². The number of nitrogens with zero attached hydrogens (tertiary/aromatic N) is 1. The van der Waals surface area contributed by atoms with Crippen LogP contribution in [0.5, 0.6) is 0 Å². The number of halogens is 2. The Morgan fingerprint density at radius 3 is 2.76 bits per heavy atom. The first-order chi connectivity index (χ1) is 13.9. The van der Waals surface area contributed by atoms with E-state index in [0.717, 1.165) is 36.3 Å². The normalized spacial score (nSPS) is 18.7. The van der Waals surface area contributed by atoms with Crippen molar-refractivity contribution in [3.05, 3.63) is 75.0 Å². The minimum Gasteiger partial charge on any atom is -0.355 e. The predicted molar refractivity (Wildman–Crippen MR) is 122 cm³/mol. The topological polar surface area (TPSA) is 44.4 Å². The first-order valence-electron chi connectivity index (χ1n) is 9.89. The van der Waals surface area contributed by atoms with Gasteiger partial charge < -0.3 is 15.5 Å². The van der Waals surface area contributed by atoms with Crippen LogP contribution in [0.4, 0.5) is 5.69 Å². The van der Waals surface area contributed by atoms with Crippen molar-refractivity contribution in [3.63, 3.8) is 0 Å². The number of anilines is 1. The van der Waals surface area contributed by atoms with Crippen LogP contribution in [0.15, 0.2) is 69.4 Å². The van der Waals surface area contributed by atoms with Crippen LogP contribution in [0.1, 0.15) is 25.8 Å². The zero-order chi connectivity index (χ0) is 21.0. The lowest BCUT2D eigenvalue weighted by molar-refractivity contribution is -0.117. The number of fused-ring (bicyclic) bond motifs is 1. The molecule has 3 rings (SSSR count). The van der Waals surface area contributed by atoms with Crippen LogP contribution in [-0.2, 0) is 11.2 Å². The predicted octanol–water partition coefficient (Wildman–Crippen LogP) is 4.94. The third kappa shape index (κ3) is 4.95. The third-order valence-corrected chi connectivity index (χ3v) is 5.93. The van der Waals surface area contributed by atoms with Crippen molar-refractivity contribution in [1.82, 2.24) is 10.2 Å². The summed E-state index contributed by atoms with van der Waals surface area (Å²) < 4.78 is 0. The van der Waals surface area contributed by atoms with Crippen LogP contribution in [0, 0.1) is 0 Å². The summed E-state index contributed by atoms with van der Waals surface area (Å²) in [4.78, 5) is 14.9. The summed E-state index contributed by atoms with van der Waals surface area (Å²) in [5, 5.41) is 7.50. The fourth-order valence-electron chi connectivity index (χ4n) is 3.83. The van der Waals surface area contributed by atoms with E-state index in [2.05, 4.69) is 28.5 Å². The number of allylic oxidation sites excluding steroid dienone is 5. The molecule has 154 valence electrons. The summed E-state index contributed by atoms with van der Waals surface area (Å²) >= 11 is 13.0. The van der Waals surface area contributed by atoms with Gasteiger partial charge in [0.25, 0.3) is 0 Å². The number of hydrogen-bond donors (Lipinski definition) is 2. The maximum absolute atomic E-state index is 12.9. The monoisotopic (exact) mass is 431 g/mol. The van der Waals surface area contributed by atoms with E-state index < -0.39 is 0 Å². The number of carbonyl (C=O) groups is 1. The molecule has 1 aromatic carbocycles. The second kappa shape index (κ2) is 9.66. The highest BCUT2D eigenvalue weighted by Crippen LogP contribution is 2.41. The maximum atomic E-state index is 12.9. The highest BCUT2D eigenvalue weighted by atomic mass is 35.5. The van der Waals surface area contributed by atoms with Gasteiger partial charge in [0.1, 0.15) is 0 Å². The first kappa shape index (κ1) is 21.7. The summed E-state index contributed by atoms with van der Waals surface area (Å²) in [5.41, 5.74) is 5.27. The first-order valence-corrected chi connectivity index (χ1v) is 10.7. The van der Waals surface area contributed by atoms with Gasteiger partial charge in [-0.25, -0.2) is 0 Å². The molecule has 0 aromatic heterocycles. The Kier molecular flexibility index (Phi) is 7.23. The number of nitrogens with one attached hydrogen (secondary N) is 2. The molecule has 1 atom stereocenters. The van der Waals surface area contributed by atoms with Gasteiger partial charge in [-0.1, -0.05) is 42.3 Å². The highest BCUT2D eigenvalue weighted by Gasteiger charge is 2.35. The molecule has 29 heavy (non-hydrogen) atoms. The van der Waals surface area contributed by atoms with E-state index in [1.807, 2.05) is 44.3 Å². The smallest absolute Gasteiger partial charge is 0.243 e. The summed E-state index contributed by atoms with van der Waals surface area (Å²) in [6.07, 6.45) is 7.36. The lowest BCUT2D eigenvalue weighted by atomic mass is 9.98. The summed E-state index contributed by atoms with van der Waals surface area (Å²) in [5.74, 6) is -0.0651. The molecule has 0 saturated heterocycles. The zero-order valence-electron chi connectivity index (χ0n) is 17.1. The molecule has 1 aliphatic heterocycles. The van der Waals surface area contributed by atoms with Crippen molar-refractivity contribution in [2.24, 2.45) is 0 Å². The van der Waals surface area contributed by atoms with Crippen molar-refractivity contribution in [2.45, 2.75) is 32.7 Å². The Balaban J connectivity index is 1.86. The summed E-state index contributed by atoms with van der Waals surface area (Å²) in [6, 6.07) is 7.80. The Morgan fingerprint density at radius 2 is 2.03 bits per heavy atom. The molecule has 0 bridgehead atoms. The van der Waals surface area contributed by atoms with Gasteiger partial charge in [-0.2, -0.15) is 0 Å². The van der Waals surface area contributed by atoms with Crippen LogP contribution in [-0.4, -0.2) is 37.0 Å². The van der Waals surface area contributed by atoms with E-state index >= 15 is 0 Å². The maximum Gasteiger partial charge on any atom is 0.243 e. The van der Waals surface area contributed by atoms with Gasteiger partial charge in [0.2, 0.25) is 5.91 Å². The van der Waals surface area contributed by atoms with Crippen molar-refractivity contribution >= 4 is 34.8 Å². The molecule has 0 spiro atoms. The number of aryl methyl sites for hydroxylation is 1. The Morgan fingerprint density at radius 1 is 1.24 bits per heavy atom. The zero-order valence-corrected chi connectivity index (χ0v) is 18.6. The van der Waals surface area contributed by atoms with Gasteiger partial charge in [-0.05, 0) is 74.9 Å². The average molecular weight is 432 g/mol. The van der Waals surface area contributed by atoms with Gasteiger partial charge in [-0.15, -0.1) is 0 Å². The molecule has 0 radical (unpaired) electrons. The molecule has 1 amide bonds.